The summed E-state index contributed by atoms with van der Waals surface area (Å²) in [6.45, 7) is 1.77. The van der Waals surface area contributed by atoms with Gasteiger partial charge in [0.2, 0.25) is 5.69 Å². The number of nitrogens with zero attached hydrogens (tertiary/aromatic N) is 4. The molecule has 11 nitrogen and oxygen atoms in total. The summed E-state index contributed by atoms with van der Waals surface area (Å²) < 4.78 is 6.70. The van der Waals surface area contributed by atoms with Gasteiger partial charge in [0.05, 0.1) is 21.6 Å². The lowest BCUT2D eigenvalue weighted by molar-refractivity contribution is -0.385. The van der Waals surface area contributed by atoms with Gasteiger partial charge < -0.3 is 10.1 Å². The molecule has 0 bridgehead atoms. The van der Waals surface area contributed by atoms with Crippen molar-refractivity contribution < 1.29 is 19.4 Å². The van der Waals surface area contributed by atoms with Crippen LogP contribution < -0.4 is 10.1 Å². The van der Waals surface area contributed by atoms with Crippen LogP contribution in [0.3, 0.4) is 0 Å². The Bertz CT molecular complexity index is 1180. The quantitative estimate of drug-likeness (QED) is 0.454. The van der Waals surface area contributed by atoms with Crippen molar-refractivity contribution in [3.63, 3.8) is 0 Å². The van der Waals surface area contributed by atoms with Crippen LogP contribution in [-0.2, 0) is 7.05 Å². The molecule has 0 aliphatic heterocycles. The second kappa shape index (κ2) is 8.17. The summed E-state index contributed by atoms with van der Waals surface area (Å²) in [7, 11) is 1.37. The topological polar surface area (TPSA) is 142 Å². The first kappa shape index (κ1) is 20.7. The van der Waals surface area contributed by atoms with Gasteiger partial charge in [-0.15, -0.1) is 0 Å². The molecule has 12 heteroatoms. The molecule has 0 fully saturated rings. The summed E-state index contributed by atoms with van der Waals surface area (Å²) in [5.41, 5.74) is -0.370. The highest BCUT2D eigenvalue weighted by Gasteiger charge is 2.26. The minimum absolute atomic E-state index is 0.0189. The van der Waals surface area contributed by atoms with Crippen LogP contribution in [0.15, 0.2) is 42.6 Å². The maximum Gasteiger partial charge on any atom is 0.320 e. The molecule has 0 atom stereocenters. The first-order valence-corrected chi connectivity index (χ1v) is 8.74. The van der Waals surface area contributed by atoms with Crippen LogP contribution in [0, 0.1) is 27.2 Å². The Kier molecular flexibility index (Phi) is 5.65. The highest BCUT2D eigenvalue weighted by molar-refractivity contribution is 6.31. The predicted molar refractivity (Wildman–Crippen MR) is 107 cm³/mol. The molecule has 0 unspecified atom stereocenters. The number of hydrogen-bond acceptors (Lipinski definition) is 7. The van der Waals surface area contributed by atoms with E-state index in [1.54, 1.807) is 25.1 Å². The predicted octanol–water partition coefficient (Wildman–Crippen LogP) is 4.24. The number of aromatic nitrogens is 2. The highest BCUT2D eigenvalue weighted by Crippen LogP contribution is 2.31. The largest absolute Gasteiger partial charge is 0.457 e. The number of halogens is 1. The van der Waals surface area contributed by atoms with E-state index in [0.717, 1.165) is 22.5 Å². The maximum absolute atomic E-state index is 12.6. The number of ether oxygens (including phenoxy) is 1. The van der Waals surface area contributed by atoms with Crippen LogP contribution in [0.25, 0.3) is 0 Å². The smallest absolute Gasteiger partial charge is 0.320 e. The van der Waals surface area contributed by atoms with E-state index >= 15 is 0 Å². The Balaban J connectivity index is 1.94. The first-order valence-electron chi connectivity index (χ1n) is 8.37. The molecule has 1 aromatic heterocycles. The van der Waals surface area contributed by atoms with E-state index in [4.69, 9.17) is 16.3 Å². The number of nitrogens with one attached hydrogen (secondary N) is 1. The molecule has 1 N–H and O–H groups in total. The normalized spacial score (nSPS) is 10.5. The summed E-state index contributed by atoms with van der Waals surface area (Å²) >= 11 is 5.98. The van der Waals surface area contributed by atoms with Gasteiger partial charge in [-0.25, -0.2) is 0 Å². The average molecular weight is 432 g/mol. The van der Waals surface area contributed by atoms with Crippen LogP contribution in [0.4, 0.5) is 17.1 Å². The van der Waals surface area contributed by atoms with Crippen LogP contribution in [0.1, 0.15) is 16.1 Å². The lowest BCUT2D eigenvalue weighted by atomic mass is 10.2. The highest BCUT2D eigenvalue weighted by atomic mass is 35.5. The molecule has 154 valence electrons. The second-order valence-electron chi connectivity index (χ2n) is 6.20. The average Bonchev–Trinajstić information content (AvgIpc) is 3.06. The van der Waals surface area contributed by atoms with Crippen molar-refractivity contribution in [1.82, 2.24) is 9.78 Å². The number of carbonyl (C=O) groups is 1. The minimum atomic E-state index is -0.851. The molecule has 0 saturated heterocycles. The molecule has 3 rings (SSSR count). The number of nitro groups is 2. The summed E-state index contributed by atoms with van der Waals surface area (Å²) in [4.78, 5) is 33.5. The number of nitro benzene ring substituents is 1. The first-order chi connectivity index (χ1) is 14.2. The molecule has 30 heavy (non-hydrogen) atoms. The summed E-state index contributed by atoms with van der Waals surface area (Å²) in [5, 5.41) is 29.0. The fourth-order valence-electron chi connectivity index (χ4n) is 2.65. The number of benzene rings is 2. The molecule has 0 spiro atoms. The summed E-state index contributed by atoms with van der Waals surface area (Å²) in [6, 6.07) is 8.51. The van der Waals surface area contributed by atoms with Gasteiger partial charge in [0.15, 0.2) is 0 Å². The van der Waals surface area contributed by atoms with Crippen molar-refractivity contribution >= 4 is 34.6 Å². The fraction of sp³-hybridized carbons (Fsp3) is 0.111. The van der Waals surface area contributed by atoms with E-state index < -0.39 is 21.4 Å². The fourth-order valence-corrected chi connectivity index (χ4v) is 2.77. The third kappa shape index (κ3) is 4.36. The zero-order chi connectivity index (χ0) is 22.0. The molecule has 0 aliphatic carbocycles. The molecule has 2 aromatic carbocycles. The molecule has 3 aromatic rings. The lowest BCUT2D eigenvalue weighted by Gasteiger charge is -2.10. The summed E-state index contributed by atoms with van der Waals surface area (Å²) in [6.07, 6.45) is 0.944. The van der Waals surface area contributed by atoms with E-state index in [1.807, 2.05) is 0 Å². The van der Waals surface area contributed by atoms with E-state index in [9.17, 15) is 25.0 Å². The number of hydrogen-bond donors (Lipinski definition) is 1. The minimum Gasteiger partial charge on any atom is -0.457 e. The number of aryl methyl sites for hydroxylation is 2. The Morgan fingerprint density at radius 3 is 2.50 bits per heavy atom. The van der Waals surface area contributed by atoms with Crippen molar-refractivity contribution in [2.24, 2.45) is 7.05 Å². The molecule has 0 aliphatic rings. The van der Waals surface area contributed by atoms with Crippen LogP contribution in [0.2, 0.25) is 5.02 Å². The van der Waals surface area contributed by atoms with Gasteiger partial charge in [0.25, 0.3) is 11.6 Å². The van der Waals surface area contributed by atoms with Crippen molar-refractivity contribution in [1.29, 1.82) is 0 Å². The van der Waals surface area contributed by atoms with Gasteiger partial charge in [0, 0.05) is 24.2 Å². The molecule has 0 saturated carbocycles. The van der Waals surface area contributed by atoms with Gasteiger partial charge in [-0.1, -0.05) is 11.6 Å². The lowest BCUT2D eigenvalue weighted by Crippen LogP contribution is -2.17. The Hall–Kier alpha value is -3.99. The van der Waals surface area contributed by atoms with Crippen molar-refractivity contribution in [3.05, 3.63) is 79.1 Å². The maximum atomic E-state index is 12.6. The Morgan fingerprint density at radius 1 is 1.13 bits per heavy atom. The van der Waals surface area contributed by atoms with Crippen molar-refractivity contribution in [2.75, 3.05) is 5.32 Å². The summed E-state index contributed by atoms with van der Waals surface area (Å²) in [5.74, 6) is -0.381. The van der Waals surface area contributed by atoms with Gasteiger partial charge in [-0.3, -0.25) is 29.7 Å². The Morgan fingerprint density at radius 2 is 1.87 bits per heavy atom. The zero-order valence-electron chi connectivity index (χ0n) is 15.7. The van der Waals surface area contributed by atoms with Gasteiger partial charge in [0.1, 0.15) is 17.7 Å². The molecule has 1 heterocycles. The van der Waals surface area contributed by atoms with E-state index in [-0.39, 0.29) is 22.8 Å². The van der Waals surface area contributed by atoms with Gasteiger partial charge in [-0.2, -0.15) is 5.10 Å². The number of rotatable bonds is 6. The van der Waals surface area contributed by atoms with E-state index in [1.165, 1.54) is 19.2 Å². The zero-order valence-corrected chi connectivity index (χ0v) is 16.4. The standard InChI is InChI=1S/C18H14ClN5O6/c1-10-5-13(3-4-15(10)19)30-14-7-11(6-12(8-14)23(26)27)21-18(25)17-16(24(28)29)9-20-22(17)2/h3-9H,1-2H3,(H,21,25). The SMILES string of the molecule is Cc1cc(Oc2cc(NC(=O)c3c([N+](=O)[O-])cnn3C)cc([N+](=O)[O-])c2)ccc1Cl. The molecular formula is C18H14ClN5O6. The molecule has 0 radical (unpaired) electrons. The van der Waals surface area contributed by atoms with Gasteiger partial charge >= 0.3 is 5.69 Å². The monoisotopic (exact) mass is 431 g/mol. The van der Waals surface area contributed by atoms with E-state index in [0.29, 0.717) is 10.8 Å². The van der Waals surface area contributed by atoms with Gasteiger partial charge in [-0.05, 0) is 30.7 Å². The van der Waals surface area contributed by atoms with Crippen LogP contribution in [-0.4, -0.2) is 25.5 Å². The molecule has 1 amide bonds. The second-order valence-corrected chi connectivity index (χ2v) is 6.61. The van der Waals surface area contributed by atoms with Crippen LogP contribution in [0.5, 0.6) is 11.5 Å². The number of carbonyl (C=O) groups excluding carboxylic acids is 1. The van der Waals surface area contributed by atoms with Crippen LogP contribution >= 0.6 is 11.6 Å². The third-order valence-electron chi connectivity index (χ3n) is 4.06. The number of anilines is 1. The Labute approximate surface area is 174 Å². The number of non-ortho nitro benzene ring substituents is 1. The molecular weight excluding hydrogens is 418 g/mol. The van der Waals surface area contributed by atoms with Crippen molar-refractivity contribution in [3.8, 4) is 11.5 Å². The van der Waals surface area contributed by atoms with E-state index in [2.05, 4.69) is 10.4 Å². The third-order valence-corrected chi connectivity index (χ3v) is 4.48. The number of amides is 1. The van der Waals surface area contributed by atoms with Crippen molar-refractivity contribution in [2.45, 2.75) is 6.92 Å².